The molecule has 4 rings (SSSR count). The summed E-state index contributed by atoms with van der Waals surface area (Å²) < 4.78 is 5.77. The number of hydrogen-bond acceptors (Lipinski definition) is 3. The van der Waals surface area contributed by atoms with Gasteiger partial charge in [0, 0.05) is 17.6 Å². The summed E-state index contributed by atoms with van der Waals surface area (Å²) in [4.78, 5) is 4.59. The zero-order chi connectivity index (χ0) is 13.7. The molecular formula is C17H22N2O. The van der Waals surface area contributed by atoms with E-state index in [0.717, 1.165) is 28.8 Å². The lowest BCUT2D eigenvalue weighted by Gasteiger charge is -2.18. The van der Waals surface area contributed by atoms with Crippen molar-refractivity contribution in [3.05, 3.63) is 24.1 Å². The number of benzene rings is 1. The van der Waals surface area contributed by atoms with Gasteiger partial charge >= 0.3 is 0 Å². The Kier molecular flexibility index (Phi) is 2.76. The average Bonchev–Trinajstić information content (AvgIpc) is 3.32. The maximum Gasteiger partial charge on any atom is 0.198 e. The summed E-state index contributed by atoms with van der Waals surface area (Å²) in [6, 6.07) is 7.01. The lowest BCUT2D eigenvalue weighted by atomic mass is 10.1. The van der Waals surface area contributed by atoms with Gasteiger partial charge in [-0.15, -0.1) is 0 Å². The van der Waals surface area contributed by atoms with E-state index in [9.17, 15) is 0 Å². The second kappa shape index (κ2) is 4.51. The molecule has 2 aliphatic rings. The lowest BCUT2D eigenvalue weighted by molar-refractivity contribution is 0.501. The standard InChI is InChI=1S/C17H22N2O/c1-10(2)17-19-14-9-13(7-8-15(14)20-17)18-16(11-3-4-11)12-5-6-12/h7-12,16,18H,3-6H2,1-2H3. The summed E-state index contributed by atoms with van der Waals surface area (Å²) in [6.07, 6.45) is 5.60. The van der Waals surface area contributed by atoms with Crippen LogP contribution in [0.2, 0.25) is 0 Å². The third-order valence-corrected chi connectivity index (χ3v) is 4.49. The second-order valence-corrected chi connectivity index (χ2v) is 6.73. The highest BCUT2D eigenvalue weighted by Gasteiger charge is 2.41. The van der Waals surface area contributed by atoms with Crippen LogP contribution in [0, 0.1) is 11.8 Å². The van der Waals surface area contributed by atoms with Crippen LogP contribution in [-0.2, 0) is 0 Å². The van der Waals surface area contributed by atoms with E-state index in [0.29, 0.717) is 12.0 Å². The van der Waals surface area contributed by atoms with Crippen LogP contribution in [0.4, 0.5) is 5.69 Å². The van der Waals surface area contributed by atoms with Crippen molar-refractivity contribution in [2.75, 3.05) is 5.32 Å². The third kappa shape index (κ3) is 2.30. The number of anilines is 1. The minimum absolute atomic E-state index is 0.337. The van der Waals surface area contributed by atoms with E-state index in [4.69, 9.17) is 4.42 Å². The Morgan fingerprint density at radius 3 is 2.45 bits per heavy atom. The molecule has 2 aliphatic carbocycles. The van der Waals surface area contributed by atoms with E-state index in [2.05, 4.69) is 36.3 Å². The Morgan fingerprint density at radius 1 is 1.15 bits per heavy atom. The van der Waals surface area contributed by atoms with Crippen LogP contribution in [0.5, 0.6) is 0 Å². The van der Waals surface area contributed by atoms with Crippen molar-refractivity contribution in [3.8, 4) is 0 Å². The van der Waals surface area contributed by atoms with Gasteiger partial charge in [-0.05, 0) is 55.7 Å². The molecule has 2 fully saturated rings. The second-order valence-electron chi connectivity index (χ2n) is 6.73. The van der Waals surface area contributed by atoms with Crippen LogP contribution in [0.25, 0.3) is 11.1 Å². The first-order chi connectivity index (χ1) is 9.70. The van der Waals surface area contributed by atoms with Gasteiger partial charge in [0.1, 0.15) is 5.52 Å². The minimum Gasteiger partial charge on any atom is -0.440 e. The van der Waals surface area contributed by atoms with Gasteiger partial charge in [-0.25, -0.2) is 4.98 Å². The molecular weight excluding hydrogens is 248 g/mol. The van der Waals surface area contributed by atoms with Gasteiger partial charge in [0.2, 0.25) is 0 Å². The van der Waals surface area contributed by atoms with E-state index >= 15 is 0 Å². The number of oxazole rings is 1. The first-order valence-corrected chi connectivity index (χ1v) is 7.88. The number of nitrogens with zero attached hydrogens (tertiary/aromatic N) is 1. The molecule has 0 amide bonds. The summed E-state index contributed by atoms with van der Waals surface area (Å²) in [5.74, 6) is 2.98. The van der Waals surface area contributed by atoms with E-state index in [1.807, 2.05) is 6.07 Å². The molecule has 0 aliphatic heterocycles. The van der Waals surface area contributed by atoms with Crippen LogP contribution in [0.3, 0.4) is 0 Å². The van der Waals surface area contributed by atoms with E-state index in [1.54, 1.807) is 0 Å². The molecule has 1 aromatic heterocycles. The molecule has 0 unspecified atom stereocenters. The number of nitrogens with one attached hydrogen (secondary N) is 1. The van der Waals surface area contributed by atoms with Crippen molar-refractivity contribution in [2.45, 2.75) is 51.5 Å². The van der Waals surface area contributed by atoms with Crippen molar-refractivity contribution in [1.29, 1.82) is 0 Å². The Balaban J connectivity index is 1.59. The SMILES string of the molecule is CC(C)c1nc2cc(NC(C3CC3)C3CC3)ccc2o1. The zero-order valence-corrected chi connectivity index (χ0v) is 12.2. The quantitative estimate of drug-likeness (QED) is 0.866. The maximum atomic E-state index is 5.77. The zero-order valence-electron chi connectivity index (χ0n) is 12.2. The van der Waals surface area contributed by atoms with Gasteiger partial charge in [0.15, 0.2) is 11.5 Å². The van der Waals surface area contributed by atoms with E-state index in [-0.39, 0.29) is 0 Å². The summed E-state index contributed by atoms with van der Waals surface area (Å²) in [7, 11) is 0. The predicted molar refractivity (Wildman–Crippen MR) is 81.0 cm³/mol. The highest BCUT2D eigenvalue weighted by molar-refractivity contribution is 5.77. The summed E-state index contributed by atoms with van der Waals surface area (Å²) in [5.41, 5.74) is 3.07. The number of fused-ring (bicyclic) bond motifs is 1. The molecule has 1 N–H and O–H groups in total. The first kappa shape index (κ1) is 12.2. The molecule has 0 radical (unpaired) electrons. The molecule has 0 saturated heterocycles. The molecule has 20 heavy (non-hydrogen) atoms. The maximum absolute atomic E-state index is 5.77. The molecule has 2 saturated carbocycles. The third-order valence-electron chi connectivity index (χ3n) is 4.49. The highest BCUT2D eigenvalue weighted by atomic mass is 16.3. The predicted octanol–water partition coefficient (Wildman–Crippen LogP) is 4.55. The molecule has 3 heteroatoms. The van der Waals surface area contributed by atoms with Gasteiger partial charge in [0.05, 0.1) is 0 Å². The molecule has 1 aromatic carbocycles. The van der Waals surface area contributed by atoms with Crippen molar-refractivity contribution >= 4 is 16.8 Å². The Bertz CT molecular complexity index is 611. The van der Waals surface area contributed by atoms with E-state index in [1.165, 1.54) is 31.4 Å². The van der Waals surface area contributed by atoms with Crippen molar-refractivity contribution in [2.24, 2.45) is 11.8 Å². The van der Waals surface area contributed by atoms with Crippen LogP contribution in [-0.4, -0.2) is 11.0 Å². The Hall–Kier alpha value is -1.51. The normalized spacial score (nSPS) is 19.2. The summed E-state index contributed by atoms with van der Waals surface area (Å²) >= 11 is 0. The van der Waals surface area contributed by atoms with Gasteiger partial charge in [-0.2, -0.15) is 0 Å². The fourth-order valence-electron chi connectivity index (χ4n) is 3.01. The molecule has 3 nitrogen and oxygen atoms in total. The highest BCUT2D eigenvalue weighted by Crippen LogP contribution is 2.46. The van der Waals surface area contributed by atoms with Crippen LogP contribution in [0.1, 0.15) is 51.3 Å². The molecule has 0 atom stereocenters. The van der Waals surface area contributed by atoms with E-state index < -0.39 is 0 Å². The number of rotatable bonds is 5. The van der Waals surface area contributed by atoms with Gasteiger partial charge in [-0.3, -0.25) is 0 Å². The first-order valence-electron chi connectivity index (χ1n) is 7.88. The topological polar surface area (TPSA) is 38.1 Å². The smallest absolute Gasteiger partial charge is 0.198 e. The fraction of sp³-hybridized carbons (Fsp3) is 0.588. The molecule has 0 bridgehead atoms. The molecule has 0 spiro atoms. The van der Waals surface area contributed by atoms with Gasteiger partial charge in [-0.1, -0.05) is 13.8 Å². The van der Waals surface area contributed by atoms with Crippen molar-refractivity contribution < 1.29 is 4.42 Å². The van der Waals surface area contributed by atoms with Crippen LogP contribution < -0.4 is 5.32 Å². The minimum atomic E-state index is 0.337. The Labute approximate surface area is 119 Å². The largest absolute Gasteiger partial charge is 0.440 e. The lowest BCUT2D eigenvalue weighted by Crippen LogP contribution is -2.24. The number of hydrogen-bond donors (Lipinski definition) is 1. The van der Waals surface area contributed by atoms with Crippen LogP contribution in [0.15, 0.2) is 22.6 Å². The fourth-order valence-corrected chi connectivity index (χ4v) is 3.01. The Morgan fingerprint density at radius 2 is 1.85 bits per heavy atom. The number of aromatic nitrogens is 1. The van der Waals surface area contributed by atoms with Gasteiger partial charge in [0.25, 0.3) is 0 Å². The van der Waals surface area contributed by atoms with Crippen molar-refractivity contribution in [1.82, 2.24) is 4.98 Å². The monoisotopic (exact) mass is 270 g/mol. The van der Waals surface area contributed by atoms with Crippen LogP contribution >= 0.6 is 0 Å². The average molecular weight is 270 g/mol. The molecule has 2 aromatic rings. The summed E-state index contributed by atoms with van der Waals surface area (Å²) in [6.45, 7) is 4.22. The van der Waals surface area contributed by atoms with Crippen molar-refractivity contribution in [3.63, 3.8) is 0 Å². The van der Waals surface area contributed by atoms with Gasteiger partial charge < -0.3 is 9.73 Å². The molecule has 1 heterocycles. The molecule has 106 valence electrons. The summed E-state index contributed by atoms with van der Waals surface area (Å²) in [5, 5.41) is 3.75.